The molecular formula is C9H7N3O2. The van der Waals surface area contributed by atoms with Crippen molar-refractivity contribution >= 4 is 11.8 Å². The molecule has 0 saturated heterocycles. The van der Waals surface area contributed by atoms with Crippen LogP contribution in [0.3, 0.4) is 0 Å². The molecule has 5 nitrogen and oxygen atoms in total. The zero-order valence-corrected chi connectivity index (χ0v) is 7.20. The smallest absolute Gasteiger partial charge is 0.286 e. The topological polar surface area (TPSA) is 56.9 Å². The zero-order chi connectivity index (χ0) is 9.97. The Kier molecular flexibility index (Phi) is 1.98. The van der Waals surface area contributed by atoms with E-state index in [2.05, 4.69) is 4.98 Å². The van der Waals surface area contributed by atoms with Crippen molar-refractivity contribution in [2.24, 2.45) is 0 Å². The zero-order valence-electron chi connectivity index (χ0n) is 7.20. The predicted octanol–water partition coefficient (Wildman–Crippen LogP) is 0.665. The van der Waals surface area contributed by atoms with E-state index in [1.54, 1.807) is 12.1 Å². The lowest BCUT2D eigenvalue weighted by molar-refractivity contribution is 0.0716. The SMILES string of the molecule is O=C(C(=O)n1ccnc1)n1cccc1. The first-order valence-electron chi connectivity index (χ1n) is 3.99. The highest BCUT2D eigenvalue weighted by Crippen LogP contribution is 1.94. The molecule has 2 heterocycles. The second kappa shape index (κ2) is 3.29. The molecular weight excluding hydrogens is 182 g/mol. The molecule has 0 atom stereocenters. The standard InChI is InChI=1S/C9H7N3O2/c13-8(11-4-1-2-5-11)9(14)12-6-3-10-7-12/h1-7H. The van der Waals surface area contributed by atoms with Gasteiger partial charge >= 0.3 is 11.8 Å². The number of hydrogen-bond donors (Lipinski definition) is 0. The largest absolute Gasteiger partial charge is 0.322 e. The number of hydrogen-bond acceptors (Lipinski definition) is 3. The monoisotopic (exact) mass is 189 g/mol. The molecule has 0 aromatic carbocycles. The van der Waals surface area contributed by atoms with E-state index in [1.807, 2.05) is 0 Å². The van der Waals surface area contributed by atoms with E-state index in [9.17, 15) is 9.59 Å². The first kappa shape index (κ1) is 8.43. The van der Waals surface area contributed by atoms with E-state index in [-0.39, 0.29) is 0 Å². The highest BCUT2D eigenvalue weighted by molar-refractivity contribution is 6.36. The molecule has 0 N–H and O–H groups in total. The van der Waals surface area contributed by atoms with Gasteiger partial charge < -0.3 is 0 Å². The van der Waals surface area contributed by atoms with Crippen LogP contribution in [-0.2, 0) is 0 Å². The van der Waals surface area contributed by atoms with Gasteiger partial charge in [-0.05, 0) is 12.1 Å². The van der Waals surface area contributed by atoms with Crippen molar-refractivity contribution in [1.82, 2.24) is 14.1 Å². The van der Waals surface area contributed by atoms with Crippen LogP contribution < -0.4 is 0 Å². The summed E-state index contributed by atoms with van der Waals surface area (Å²) in [5.41, 5.74) is 0. The summed E-state index contributed by atoms with van der Waals surface area (Å²) in [5, 5.41) is 0. The Balaban J connectivity index is 2.26. The third kappa shape index (κ3) is 1.35. The summed E-state index contributed by atoms with van der Waals surface area (Å²) in [6.45, 7) is 0. The Bertz CT molecular complexity index is 398. The van der Waals surface area contributed by atoms with Crippen LogP contribution in [0.2, 0.25) is 0 Å². The lowest BCUT2D eigenvalue weighted by Crippen LogP contribution is -2.25. The van der Waals surface area contributed by atoms with Crippen LogP contribution in [0.4, 0.5) is 0 Å². The number of aromatic nitrogens is 3. The molecule has 0 saturated carbocycles. The minimum absolute atomic E-state index is 0.604. The van der Waals surface area contributed by atoms with Gasteiger partial charge in [0.2, 0.25) is 0 Å². The molecule has 0 aliphatic rings. The summed E-state index contributed by atoms with van der Waals surface area (Å²) in [6, 6.07) is 3.36. The van der Waals surface area contributed by atoms with Gasteiger partial charge in [-0.25, -0.2) is 4.98 Å². The van der Waals surface area contributed by atoms with Crippen LogP contribution in [0, 0.1) is 0 Å². The van der Waals surface area contributed by atoms with Gasteiger partial charge in [-0.1, -0.05) is 0 Å². The Labute approximate surface area is 79.6 Å². The lowest BCUT2D eigenvalue weighted by atomic mass is 10.5. The molecule has 5 heteroatoms. The van der Waals surface area contributed by atoms with E-state index >= 15 is 0 Å². The molecule has 0 bridgehead atoms. The Morgan fingerprint density at radius 1 is 0.929 bits per heavy atom. The molecule has 2 aromatic rings. The van der Waals surface area contributed by atoms with E-state index in [1.165, 1.54) is 35.7 Å². The van der Waals surface area contributed by atoms with Crippen LogP contribution in [0.5, 0.6) is 0 Å². The maximum Gasteiger partial charge on any atom is 0.322 e. The average molecular weight is 189 g/mol. The molecule has 0 aliphatic carbocycles. The van der Waals surface area contributed by atoms with E-state index in [4.69, 9.17) is 0 Å². The number of carbonyl (C=O) groups excluding carboxylic acids is 2. The van der Waals surface area contributed by atoms with E-state index in [0.29, 0.717) is 0 Å². The number of nitrogens with zero attached hydrogens (tertiary/aromatic N) is 3. The number of rotatable bonds is 0. The quantitative estimate of drug-likeness (QED) is 0.572. The number of imidazole rings is 1. The highest BCUT2D eigenvalue weighted by Gasteiger charge is 2.16. The Morgan fingerprint density at radius 3 is 2.14 bits per heavy atom. The summed E-state index contributed by atoms with van der Waals surface area (Å²) in [4.78, 5) is 26.6. The molecule has 0 spiro atoms. The predicted molar refractivity (Wildman–Crippen MR) is 47.9 cm³/mol. The number of carbonyl (C=O) groups is 2. The van der Waals surface area contributed by atoms with E-state index < -0.39 is 11.8 Å². The molecule has 0 radical (unpaired) electrons. The summed E-state index contributed by atoms with van der Waals surface area (Å²) >= 11 is 0. The summed E-state index contributed by atoms with van der Waals surface area (Å²) in [7, 11) is 0. The minimum Gasteiger partial charge on any atom is -0.286 e. The van der Waals surface area contributed by atoms with Crippen LogP contribution >= 0.6 is 0 Å². The van der Waals surface area contributed by atoms with Gasteiger partial charge in [-0.2, -0.15) is 0 Å². The molecule has 0 fully saturated rings. The van der Waals surface area contributed by atoms with Crippen LogP contribution in [0.15, 0.2) is 43.2 Å². The summed E-state index contributed by atoms with van der Waals surface area (Å²) < 4.78 is 2.37. The van der Waals surface area contributed by atoms with Crippen LogP contribution in [0.25, 0.3) is 0 Å². The fraction of sp³-hybridized carbons (Fsp3) is 0. The fourth-order valence-corrected chi connectivity index (χ4v) is 1.07. The van der Waals surface area contributed by atoms with Gasteiger partial charge in [0, 0.05) is 24.8 Å². The summed E-state index contributed by atoms with van der Waals surface area (Å²) in [6.07, 6.45) is 7.22. The molecule has 0 unspecified atom stereocenters. The molecule has 2 rings (SSSR count). The van der Waals surface area contributed by atoms with Crippen molar-refractivity contribution < 1.29 is 9.59 Å². The first-order chi connectivity index (χ1) is 6.79. The Hall–Kier alpha value is -2.17. The Morgan fingerprint density at radius 2 is 1.57 bits per heavy atom. The first-order valence-corrected chi connectivity index (χ1v) is 3.99. The van der Waals surface area contributed by atoms with Crippen molar-refractivity contribution in [3.05, 3.63) is 43.2 Å². The second-order valence-electron chi connectivity index (χ2n) is 2.67. The third-order valence-electron chi connectivity index (χ3n) is 1.76. The van der Waals surface area contributed by atoms with Gasteiger partial charge in [0.25, 0.3) is 0 Å². The molecule has 2 aromatic heterocycles. The third-order valence-corrected chi connectivity index (χ3v) is 1.76. The van der Waals surface area contributed by atoms with Gasteiger partial charge in [0.15, 0.2) is 0 Å². The summed E-state index contributed by atoms with van der Waals surface area (Å²) in [5.74, 6) is -1.23. The van der Waals surface area contributed by atoms with Crippen molar-refractivity contribution in [1.29, 1.82) is 0 Å². The lowest BCUT2D eigenvalue weighted by Gasteiger charge is -1.99. The normalized spacial score (nSPS) is 10.0. The van der Waals surface area contributed by atoms with Crippen LogP contribution in [0.1, 0.15) is 9.59 Å². The fourth-order valence-electron chi connectivity index (χ4n) is 1.07. The molecule has 0 amide bonds. The van der Waals surface area contributed by atoms with Crippen molar-refractivity contribution in [3.8, 4) is 0 Å². The second-order valence-corrected chi connectivity index (χ2v) is 2.67. The highest BCUT2D eigenvalue weighted by atomic mass is 16.2. The van der Waals surface area contributed by atoms with Gasteiger partial charge in [0.1, 0.15) is 6.33 Å². The minimum atomic E-state index is -0.626. The molecule has 0 aliphatic heterocycles. The van der Waals surface area contributed by atoms with Gasteiger partial charge in [-0.3, -0.25) is 18.7 Å². The van der Waals surface area contributed by atoms with Crippen molar-refractivity contribution in [2.75, 3.05) is 0 Å². The van der Waals surface area contributed by atoms with E-state index in [0.717, 1.165) is 4.57 Å². The molecule has 14 heavy (non-hydrogen) atoms. The van der Waals surface area contributed by atoms with Crippen molar-refractivity contribution in [2.45, 2.75) is 0 Å². The molecule has 70 valence electrons. The van der Waals surface area contributed by atoms with Gasteiger partial charge in [-0.15, -0.1) is 0 Å². The van der Waals surface area contributed by atoms with Gasteiger partial charge in [0.05, 0.1) is 0 Å². The maximum atomic E-state index is 11.5. The maximum absolute atomic E-state index is 11.5. The van der Waals surface area contributed by atoms with Crippen LogP contribution in [-0.4, -0.2) is 25.9 Å². The van der Waals surface area contributed by atoms with Crippen molar-refractivity contribution in [3.63, 3.8) is 0 Å². The average Bonchev–Trinajstić information content (AvgIpc) is 2.87.